The second kappa shape index (κ2) is 7.14. The highest BCUT2D eigenvalue weighted by atomic mass is 16.8. The van der Waals surface area contributed by atoms with Gasteiger partial charge < -0.3 is 33.7 Å². The summed E-state index contributed by atoms with van der Waals surface area (Å²) in [4.78, 5) is 26.3. The summed E-state index contributed by atoms with van der Waals surface area (Å²) in [5, 5.41) is 10.4. The van der Waals surface area contributed by atoms with Crippen molar-refractivity contribution in [2.45, 2.75) is 56.8 Å². The molecule has 0 spiro atoms. The van der Waals surface area contributed by atoms with E-state index in [-0.39, 0.29) is 18.6 Å². The first-order valence-corrected chi connectivity index (χ1v) is 8.15. The Hall–Kier alpha value is -1.30. The normalized spacial score (nSPS) is 40.1. The third kappa shape index (κ3) is 3.64. The average Bonchev–Trinajstić information content (AvgIpc) is 3.23. The number of amides is 2. The highest BCUT2D eigenvalue weighted by molar-refractivity contribution is 5.96. The molecule has 10 nitrogen and oxygen atoms in total. The first-order chi connectivity index (χ1) is 11.8. The predicted molar refractivity (Wildman–Crippen MR) is 80.8 cm³/mol. The molecule has 25 heavy (non-hydrogen) atoms. The molecule has 3 heterocycles. The molecular formula is C15H24N2O8. The third-order valence-electron chi connectivity index (χ3n) is 4.50. The van der Waals surface area contributed by atoms with Crippen LogP contribution in [0.25, 0.3) is 0 Å². The highest BCUT2D eigenvalue weighted by Gasteiger charge is 2.56. The van der Waals surface area contributed by atoms with Crippen molar-refractivity contribution in [1.82, 2.24) is 9.80 Å². The standard InChI is InChI=1S/C15H24N2O8/c1-7-21-6-8(22-7)12-11(20)13-14(23-12)25-15(24-13)17(4)10(19)5-9(18)16(2)3/h7-8,11-15,20H,5-6H2,1-4H3. The Kier molecular flexibility index (Phi) is 5.28. The van der Waals surface area contributed by atoms with E-state index >= 15 is 0 Å². The Morgan fingerprint density at radius 2 is 1.76 bits per heavy atom. The zero-order valence-corrected chi connectivity index (χ0v) is 14.7. The summed E-state index contributed by atoms with van der Waals surface area (Å²) in [5.74, 6) is -0.769. The van der Waals surface area contributed by atoms with Gasteiger partial charge in [0.1, 0.15) is 30.8 Å². The Bertz CT molecular complexity index is 530. The van der Waals surface area contributed by atoms with Gasteiger partial charge in [0.2, 0.25) is 18.2 Å². The van der Waals surface area contributed by atoms with Gasteiger partial charge in [-0.05, 0) is 6.92 Å². The molecule has 0 aliphatic carbocycles. The zero-order valence-electron chi connectivity index (χ0n) is 14.7. The predicted octanol–water partition coefficient (Wildman–Crippen LogP) is -1.53. The van der Waals surface area contributed by atoms with Crippen LogP contribution in [0, 0.1) is 0 Å². The van der Waals surface area contributed by atoms with Gasteiger partial charge in [0.15, 0.2) is 12.6 Å². The second-order valence-corrected chi connectivity index (χ2v) is 6.55. The smallest absolute Gasteiger partial charge is 0.245 e. The lowest BCUT2D eigenvalue weighted by molar-refractivity contribution is -0.228. The summed E-state index contributed by atoms with van der Waals surface area (Å²) >= 11 is 0. The second-order valence-electron chi connectivity index (χ2n) is 6.55. The van der Waals surface area contributed by atoms with Gasteiger partial charge in [0.25, 0.3) is 0 Å². The fraction of sp³-hybridized carbons (Fsp3) is 0.867. The lowest BCUT2D eigenvalue weighted by atomic mass is 10.1. The van der Waals surface area contributed by atoms with Gasteiger partial charge in [-0.15, -0.1) is 0 Å². The minimum atomic E-state index is -1.02. The lowest BCUT2D eigenvalue weighted by Crippen LogP contribution is -2.44. The molecule has 3 aliphatic heterocycles. The van der Waals surface area contributed by atoms with Crippen LogP contribution in [0.15, 0.2) is 0 Å². The van der Waals surface area contributed by atoms with Crippen LogP contribution in [0.4, 0.5) is 0 Å². The molecule has 0 aromatic carbocycles. The summed E-state index contributed by atoms with van der Waals surface area (Å²) in [6.07, 6.45) is -5.23. The molecule has 1 N–H and O–H groups in total. The first-order valence-electron chi connectivity index (χ1n) is 8.15. The largest absolute Gasteiger partial charge is 0.387 e. The fourth-order valence-electron chi connectivity index (χ4n) is 2.94. The number of nitrogens with zero attached hydrogens (tertiary/aromatic N) is 2. The van der Waals surface area contributed by atoms with Crippen LogP contribution in [-0.4, -0.2) is 97.9 Å². The van der Waals surface area contributed by atoms with Crippen LogP contribution < -0.4 is 0 Å². The Labute approximate surface area is 145 Å². The molecule has 0 saturated carbocycles. The van der Waals surface area contributed by atoms with Gasteiger partial charge in [-0.1, -0.05) is 0 Å². The van der Waals surface area contributed by atoms with Crippen LogP contribution in [0.1, 0.15) is 13.3 Å². The number of aliphatic hydroxyl groups excluding tert-OH is 1. The maximum atomic E-state index is 12.1. The molecule has 2 amide bonds. The van der Waals surface area contributed by atoms with Crippen molar-refractivity contribution in [3.05, 3.63) is 0 Å². The Balaban J connectivity index is 1.55. The van der Waals surface area contributed by atoms with Crippen LogP contribution >= 0.6 is 0 Å². The molecule has 0 aromatic rings. The maximum absolute atomic E-state index is 12.1. The number of fused-ring (bicyclic) bond motifs is 1. The lowest BCUT2D eigenvalue weighted by Gasteiger charge is -2.27. The van der Waals surface area contributed by atoms with Crippen molar-refractivity contribution in [1.29, 1.82) is 0 Å². The summed E-state index contributed by atoms with van der Waals surface area (Å²) in [6, 6.07) is 0. The van der Waals surface area contributed by atoms with E-state index in [0.717, 1.165) is 0 Å². The van der Waals surface area contributed by atoms with Crippen molar-refractivity contribution >= 4 is 11.8 Å². The summed E-state index contributed by atoms with van der Waals surface area (Å²) in [5.41, 5.74) is 0. The zero-order chi connectivity index (χ0) is 18.3. The molecule has 3 aliphatic rings. The molecular weight excluding hydrogens is 336 g/mol. The molecule has 3 saturated heterocycles. The number of rotatable bonds is 4. The maximum Gasteiger partial charge on any atom is 0.245 e. The summed E-state index contributed by atoms with van der Waals surface area (Å²) in [6.45, 7) is 2.08. The summed E-state index contributed by atoms with van der Waals surface area (Å²) < 4.78 is 27.7. The number of carbonyl (C=O) groups is 2. The number of hydrogen-bond donors (Lipinski definition) is 1. The van der Waals surface area contributed by atoms with E-state index in [1.165, 1.54) is 16.8 Å². The van der Waals surface area contributed by atoms with Gasteiger partial charge in [-0.2, -0.15) is 0 Å². The number of hydrogen-bond acceptors (Lipinski definition) is 8. The SMILES string of the molecule is CC1OCC(C2OC3OC(N(C)C(=O)CC(=O)N(C)C)OC3C2O)O1. The minimum Gasteiger partial charge on any atom is -0.387 e. The van der Waals surface area contributed by atoms with Crippen molar-refractivity contribution in [3.63, 3.8) is 0 Å². The van der Waals surface area contributed by atoms with Gasteiger partial charge in [0, 0.05) is 21.1 Å². The topological polar surface area (TPSA) is 107 Å². The van der Waals surface area contributed by atoms with E-state index in [0.29, 0.717) is 6.61 Å². The van der Waals surface area contributed by atoms with E-state index in [4.69, 9.17) is 23.7 Å². The number of ether oxygens (including phenoxy) is 5. The van der Waals surface area contributed by atoms with Crippen LogP contribution in [-0.2, 0) is 33.3 Å². The molecule has 10 heteroatoms. The van der Waals surface area contributed by atoms with E-state index < -0.39 is 43.0 Å². The minimum absolute atomic E-state index is 0.292. The van der Waals surface area contributed by atoms with E-state index in [2.05, 4.69) is 0 Å². The van der Waals surface area contributed by atoms with Crippen LogP contribution in [0.3, 0.4) is 0 Å². The Morgan fingerprint density at radius 1 is 1.04 bits per heavy atom. The molecule has 142 valence electrons. The Morgan fingerprint density at radius 3 is 2.32 bits per heavy atom. The molecule has 7 unspecified atom stereocenters. The van der Waals surface area contributed by atoms with Crippen LogP contribution in [0.2, 0.25) is 0 Å². The average molecular weight is 360 g/mol. The molecule has 3 fully saturated rings. The van der Waals surface area contributed by atoms with Gasteiger partial charge in [-0.3, -0.25) is 14.5 Å². The van der Waals surface area contributed by atoms with Gasteiger partial charge in [-0.25, -0.2) is 0 Å². The van der Waals surface area contributed by atoms with Crippen LogP contribution in [0.5, 0.6) is 0 Å². The summed E-state index contributed by atoms with van der Waals surface area (Å²) in [7, 11) is 4.61. The molecule has 7 atom stereocenters. The van der Waals surface area contributed by atoms with Crippen molar-refractivity contribution < 1.29 is 38.4 Å². The number of aliphatic hydroxyl groups is 1. The van der Waals surface area contributed by atoms with Crippen molar-refractivity contribution in [2.24, 2.45) is 0 Å². The van der Waals surface area contributed by atoms with Crippen molar-refractivity contribution in [3.8, 4) is 0 Å². The molecule has 0 radical (unpaired) electrons. The highest BCUT2D eigenvalue weighted by Crippen LogP contribution is 2.36. The molecule has 3 rings (SSSR count). The number of carbonyl (C=O) groups excluding carboxylic acids is 2. The fourth-order valence-corrected chi connectivity index (χ4v) is 2.94. The van der Waals surface area contributed by atoms with Crippen molar-refractivity contribution in [2.75, 3.05) is 27.7 Å². The van der Waals surface area contributed by atoms with E-state index in [1.54, 1.807) is 21.0 Å². The van der Waals surface area contributed by atoms with Gasteiger partial charge >= 0.3 is 0 Å². The first kappa shape index (κ1) is 18.5. The third-order valence-corrected chi connectivity index (χ3v) is 4.50. The molecule has 0 aromatic heterocycles. The van der Waals surface area contributed by atoms with E-state index in [9.17, 15) is 14.7 Å². The van der Waals surface area contributed by atoms with Gasteiger partial charge in [0.05, 0.1) is 6.61 Å². The quantitative estimate of drug-likeness (QED) is 0.602. The molecule has 0 bridgehead atoms. The monoisotopic (exact) mass is 360 g/mol. The van der Waals surface area contributed by atoms with E-state index in [1.807, 2.05) is 0 Å².